The highest BCUT2D eigenvalue weighted by Crippen LogP contribution is 2.35. The van der Waals surface area contributed by atoms with Gasteiger partial charge in [0.1, 0.15) is 6.54 Å². The molecule has 1 N–H and O–H groups in total. The van der Waals surface area contributed by atoms with Crippen molar-refractivity contribution in [3.63, 3.8) is 0 Å². The number of nitrogens with zero attached hydrogens (tertiary/aromatic N) is 3. The van der Waals surface area contributed by atoms with E-state index in [4.69, 9.17) is 23.2 Å². The highest BCUT2D eigenvalue weighted by molar-refractivity contribution is 7.92. The fraction of sp³-hybridized carbons (Fsp3) is 0.238. The van der Waals surface area contributed by atoms with E-state index in [-0.39, 0.29) is 20.6 Å². The second-order valence-electron chi connectivity index (χ2n) is 6.90. The third-order valence-electron chi connectivity index (χ3n) is 4.57. The molecule has 0 aliphatic heterocycles. The molecular weight excluding hydrogens is 459 g/mol. The molecule has 1 aromatic heterocycles. The molecule has 1 heterocycles. The Morgan fingerprint density at radius 3 is 2.58 bits per heavy atom. The van der Waals surface area contributed by atoms with Crippen molar-refractivity contribution in [2.75, 3.05) is 17.4 Å². The Balaban J connectivity index is 1.79. The highest BCUT2D eigenvalue weighted by atomic mass is 35.5. The van der Waals surface area contributed by atoms with E-state index in [1.165, 1.54) is 18.2 Å². The molecular formula is C21H22Cl2N4O3S. The first kappa shape index (κ1) is 23.1. The Morgan fingerprint density at radius 1 is 1.16 bits per heavy atom. The fourth-order valence-electron chi connectivity index (χ4n) is 2.92. The van der Waals surface area contributed by atoms with Gasteiger partial charge in [-0.05, 0) is 37.6 Å². The molecule has 3 aromatic rings. The smallest absolute Gasteiger partial charge is 0.264 e. The van der Waals surface area contributed by atoms with Gasteiger partial charge in [-0.2, -0.15) is 0 Å². The van der Waals surface area contributed by atoms with E-state index < -0.39 is 22.5 Å². The van der Waals surface area contributed by atoms with Crippen LogP contribution < -0.4 is 9.62 Å². The van der Waals surface area contributed by atoms with Gasteiger partial charge in [-0.25, -0.2) is 13.4 Å². The molecule has 0 bridgehead atoms. The maximum atomic E-state index is 13.4. The number of halogens is 2. The Labute approximate surface area is 191 Å². The summed E-state index contributed by atoms with van der Waals surface area (Å²) < 4.78 is 29.6. The first-order valence-electron chi connectivity index (χ1n) is 9.55. The summed E-state index contributed by atoms with van der Waals surface area (Å²) in [5.41, 5.74) is 1.06. The zero-order valence-electron chi connectivity index (χ0n) is 16.8. The first-order valence-corrected chi connectivity index (χ1v) is 11.7. The number of imidazole rings is 1. The summed E-state index contributed by atoms with van der Waals surface area (Å²) in [4.78, 5) is 16.6. The van der Waals surface area contributed by atoms with E-state index in [0.717, 1.165) is 9.87 Å². The molecule has 0 spiro atoms. The first-order chi connectivity index (χ1) is 14.8. The van der Waals surface area contributed by atoms with Crippen molar-refractivity contribution in [3.05, 3.63) is 76.8 Å². The molecule has 0 fully saturated rings. The van der Waals surface area contributed by atoms with Crippen LogP contribution in [-0.2, 0) is 21.4 Å². The predicted octanol–water partition coefficient (Wildman–Crippen LogP) is 3.90. The summed E-state index contributed by atoms with van der Waals surface area (Å²) in [6.45, 7) is 2.51. The van der Waals surface area contributed by atoms with Crippen LogP contribution in [0.5, 0.6) is 0 Å². The van der Waals surface area contributed by atoms with Crippen LogP contribution in [0.4, 0.5) is 5.69 Å². The molecule has 1 amide bonds. The van der Waals surface area contributed by atoms with Gasteiger partial charge < -0.3 is 9.88 Å². The summed E-state index contributed by atoms with van der Waals surface area (Å²) >= 11 is 12.4. The van der Waals surface area contributed by atoms with Crippen molar-refractivity contribution < 1.29 is 13.2 Å². The standard InChI is InChI=1S/C21H22Cl2N4O3S/c1-16-6-8-17(9-7-16)31(29,30)27(19-5-2-4-18(22)21(19)23)14-20(28)25-10-3-12-26-13-11-24-15-26/h2,4-9,11,13,15H,3,10,12,14H2,1H3,(H,25,28). The minimum Gasteiger partial charge on any atom is -0.354 e. The van der Waals surface area contributed by atoms with Crippen LogP contribution in [0.3, 0.4) is 0 Å². The summed E-state index contributed by atoms with van der Waals surface area (Å²) in [6.07, 6.45) is 5.88. The number of nitrogens with one attached hydrogen (secondary N) is 1. The molecule has 0 aliphatic rings. The van der Waals surface area contributed by atoms with Gasteiger partial charge in [0.2, 0.25) is 5.91 Å². The van der Waals surface area contributed by atoms with Crippen molar-refractivity contribution in [1.29, 1.82) is 0 Å². The molecule has 0 atom stereocenters. The number of anilines is 1. The van der Waals surface area contributed by atoms with Gasteiger partial charge in [0, 0.05) is 25.5 Å². The number of rotatable bonds is 9. The van der Waals surface area contributed by atoms with Gasteiger partial charge in [-0.1, -0.05) is 47.0 Å². The molecule has 10 heteroatoms. The molecule has 164 valence electrons. The summed E-state index contributed by atoms with van der Waals surface area (Å²) in [6, 6.07) is 11.1. The number of hydrogen-bond acceptors (Lipinski definition) is 4. The van der Waals surface area contributed by atoms with Crippen LogP contribution in [0, 0.1) is 6.92 Å². The topological polar surface area (TPSA) is 84.3 Å². The SMILES string of the molecule is Cc1ccc(S(=O)(=O)N(CC(=O)NCCCn2ccnc2)c2cccc(Cl)c2Cl)cc1. The second kappa shape index (κ2) is 10.2. The second-order valence-corrected chi connectivity index (χ2v) is 9.55. The fourth-order valence-corrected chi connectivity index (χ4v) is 4.80. The maximum absolute atomic E-state index is 13.4. The van der Waals surface area contributed by atoms with Gasteiger partial charge in [-0.3, -0.25) is 9.10 Å². The van der Waals surface area contributed by atoms with E-state index in [9.17, 15) is 13.2 Å². The molecule has 0 saturated carbocycles. The van der Waals surface area contributed by atoms with Crippen molar-refractivity contribution in [2.24, 2.45) is 0 Å². The molecule has 31 heavy (non-hydrogen) atoms. The molecule has 0 aliphatic carbocycles. The largest absolute Gasteiger partial charge is 0.354 e. The quantitative estimate of drug-likeness (QED) is 0.470. The Kier molecular flexibility index (Phi) is 7.59. The molecule has 0 unspecified atom stereocenters. The lowest BCUT2D eigenvalue weighted by Crippen LogP contribution is -2.41. The number of sulfonamides is 1. The van der Waals surface area contributed by atoms with Crippen LogP contribution in [0.2, 0.25) is 10.0 Å². The van der Waals surface area contributed by atoms with Crippen LogP contribution >= 0.6 is 23.2 Å². The van der Waals surface area contributed by atoms with E-state index in [0.29, 0.717) is 19.5 Å². The molecule has 0 saturated heterocycles. The third-order valence-corrected chi connectivity index (χ3v) is 7.15. The van der Waals surface area contributed by atoms with Crippen LogP contribution in [0.25, 0.3) is 0 Å². The zero-order valence-corrected chi connectivity index (χ0v) is 19.2. The van der Waals surface area contributed by atoms with Crippen LogP contribution in [0.1, 0.15) is 12.0 Å². The number of carbonyl (C=O) groups is 1. The minimum absolute atomic E-state index is 0.0575. The van der Waals surface area contributed by atoms with Crippen molar-refractivity contribution in [2.45, 2.75) is 24.8 Å². The van der Waals surface area contributed by atoms with E-state index >= 15 is 0 Å². The van der Waals surface area contributed by atoms with Gasteiger partial charge in [-0.15, -0.1) is 0 Å². The van der Waals surface area contributed by atoms with Crippen LogP contribution in [0.15, 0.2) is 66.1 Å². The number of carbonyl (C=O) groups excluding carboxylic acids is 1. The van der Waals surface area contributed by atoms with Gasteiger partial charge in [0.25, 0.3) is 10.0 Å². The lowest BCUT2D eigenvalue weighted by atomic mass is 10.2. The summed E-state index contributed by atoms with van der Waals surface area (Å²) in [7, 11) is -4.05. The van der Waals surface area contributed by atoms with E-state index in [1.807, 2.05) is 17.7 Å². The Hall–Kier alpha value is -2.55. The minimum atomic E-state index is -4.05. The monoisotopic (exact) mass is 480 g/mol. The normalized spacial score (nSPS) is 11.3. The maximum Gasteiger partial charge on any atom is 0.264 e. The Morgan fingerprint density at radius 2 is 1.90 bits per heavy atom. The summed E-state index contributed by atoms with van der Waals surface area (Å²) in [5, 5.41) is 3.02. The number of hydrogen-bond donors (Lipinski definition) is 1. The lowest BCUT2D eigenvalue weighted by molar-refractivity contribution is -0.119. The van der Waals surface area contributed by atoms with Crippen molar-refractivity contribution >= 4 is 44.8 Å². The molecule has 3 rings (SSSR count). The zero-order chi connectivity index (χ0) is 22.4. The van der Waals surface area contributed by atoms with Gasteiger partial charge in [0.05, 0.1) is 27.0 Å². The van der Waals surface area contributed by atoms with Gasteiger partial charge in [0.15, 0.2) is 0 Å². The summed E-state index contributed by atoms with van der Waals surface area (Å²) in [5.74, 6) is -0.447. The van der Waals surface area contributed by atoms with Crippen molar-refractivity contribution in [3.8, 4) is 0 Å². The number of amides is 1. The average molecular weight is 481 g/mol. The number of benzene rings is 2. The average Bonchev–Trinajstić information content (AvgIpc) is 3.25. The van der Waals surface area contributed by atoms with Gasteiger partial charge >= 0.3 is 0 Å². The van der Waals surface area contributed by atoms with Crippen LogP contribution in [-0.4, -0.2) is 37.0 Å². The Bertz CT molecular complexity index is 1130. The number of aryl methyl sites for hydroxylation is 2. The molecule has 0 radical (unpaired) electrons. The third kappa shape index (κ3) is 5.78. The molecule has 2 aromatic carbocycles. The van der Waals surface area contributed by atoms with E-state index in [2.05, 4.69) is 10.3 Å². The van der Waals surface area contributed by atoms with Crippen molar-refractivity contribution in [1.82, 2.24) is 14.9 Å². The molecule has 7 nitrogen and oxygen atoms in total. The predicted molar refractivity (Wildman–Crippen MR) is 122 cm³/mol. The highest BCUT2D eigenvalue weighted by Gasteiger charge is 2.29. The lowest BCUT2D eigenvalue weighted by Gasteiger charge is -2.25. The van der Waals surface area contributed by atoms with E-state index in [1.54, 1.807) is 36.8 Å². The number of aromatic nitrogens is 2.